The van der Waals surface area contributed by atoms with Gasteiger partial charge in [-0.2, -0.15) is 0 Å². The van der Waals surface area contributed by atoms with E-state index in [0.717, 1.165) is 18.9 Å². The van der Waals surface area contributed by atoms with Crippen molar-refractivity contribution in [1.29, 1.82) is 0 Å². The van der Waals surface area contributed by atoms with Crippen molar-refractivity contribution in [1.82, 2.24) is 5.32 Å². The summed E-state index contributed by atoms with van der Waals surface area (Å²) < 4.78 is 24.2. The lowest BCUT2D eigenvalue weighted by atomic mass is 9.85. The summed E-state index contributed by atoms with van der Waals surface area (Å²) in [6.07, 6.45) is 8.56. The first-order valence-corrected chi connectivity index (χ1v) is 6.87. The van der Waals surface area contributed by atoms with Gasteiger partial charge in [-0.15, -0.1) is 6.42 Å². The van der Waals surface area contributed by atoms with Crippen molar-refractivity contribution in [2.24, 2.45) is 5.92 Å². The van der Waals surface area contributed by atoms with E-state index in [2.05, 4.69) is 11.2 Å². The number of hydrogen-bond donors (Lipinski definition) is 1. The summed E-state index contributed by atoms with van der Waals surface area (Å²) in [7, 11) is 1.38. The van der Waals surface area contributed by atoms with Crippen molar-refractivity contribution in [3.63, 3.8) is 0 Å². The van der Waals surface area contributed by atoms with Crippen LogP contribution in [0, 0.1) is 24.1 Å². The lowest BCUT2D eigenvalue weighted by molar-refractivity contribution is 0.0938. The molecule has 2 rings (SSSR count). The van der Waals surface area contributed by atoms with Crippen LogP contribution in [0.1, 0.15) is 29.6 Å². The molecule has 0 saturated heterocycles. The second-order valence-corrected chi connectivity index (χ2v) is 4.99. The van der Waals surface area contributed by atoms with Crippen molar-refractivity contribution in [3.05, 3.63) is 23.5 Å². The minimum Gasteiger partial charge on any atom is -0.493 e. The van der Waals surface area contributed by atoms with Crippen molar-refractivity contribution < 1.29 is 18.7 Å². The monoisotopic (exact) mass is 291 g/mol. The molecule has 0 radical (unpaired) electrons. The van der Waals surface area contributed by atoms with Gasteiger partial charge in [0.2, 0.25) is 0 Å². The number of nitrogens with one attached hydrogen (secondary N) is 1. The zero-order valence-electron chi connectivity index (χ0n) is 11.9. The second-order valence-electron chi connectivity index (χ2n) is 4.99. The largest absolute Gasteiger partial charge is 0.493 e. The third kappa shape index (κ3) is 3.66. The summed E-state index contributed by atoms with van der Waals surface area (Å²) in [6, 6.07) is 2.58. The van der Waals surface area contributed by atoms with Gasteiger partial charge in [-0.3, -0.25) is 4.79 Å². The molecule has 1 aromatic rings. The van der Waals surface area contributed by atoms with E-state index in [0.29, 0.717) is 12.5 Å². The van der Waals surface area contributed by atoms with Gasteiger partial charge in [-0.25, -0.2) is 4.39 Å². The number of ether oxygens (including phenoxy) is 2. The molecule has 0 aromatic heterocycles. The molecule has 1 fully saturated rings. The molecule has 112 valence electrons. The molecule has 5 heteroatoms. The number of terminal acetylenes is 1. The fraction of sp³-hybridized carbons (Fsp3) is 0.438. The summed E-state index contributed by atoms with van der Waals surface area (Å²) in [5, 5.41) is 2.81. The molecule has 1 aromatic carbocycles. The molecule has 0 aliphatic heterocycles. The van der Waals surface area contributed by atoms with Crippen LogP contribution in [0.4, 0.5) is 4.39 Å². The molecule has 1 aliphatic carbocycles. The zero-order chi connectivity index (χ0) is 15.2. The molecule has 1 N–H and O–H groups in total. The number of carbonyl (C=O) groups excluding carboxylic acids is 1. The van der Waals surface area contributed by atoms with E-state index in [1.807, 2.05) is 0 Å². The minimum absolute atomic E-state index is 0.0689. The van der Waals surface area contributed by atoms with Crippen LogP contribution in [0.5, 0.6) is 11.5 Å². The molecular formula is C16H18FNO3. The van der Waals surface area contributed by atoms with Crippen molar-refractivity contribution in [3.8, 4) is 23.8 Å². The third-order valence-corrected chi connectivity index (χ3v) is 3.57. The van der Waals surface area contributed by atoms with Gasteiger partial charge < -0.3 is 14.8 Å². The molecule has 1 aliphatic rings. The van der Waals surface area contributed by atoms with Gasteiger partial charge in [0.05, 0.1) is 7.11 Å². The average Bonchev–Trinajstić information content (AvgIpc) is 2.43. The van der Waals surface area contributed by atoms with E-state index in [1.165, 1.54) is 19.6 Å². The Balaban J connectivity index is 2.10. The summed E-state index contributed by atoms with van der Waals surface area (Å²) in [6.45, 7) is 0.554. The number of methoxy groups -OCH3 is 1. The van der Waals surface area contributed by atoms with Crippen LogP contribution < -0.4 is 14.8 Å². The van der Waals surface area contributed by atoms with E-state index in [1.54, 1.807) is 0 Å². The topological polar surface area (TPSA) is 47.6 Å². The maximum absolute atomic E-state index is 14.0. The van der Waals surface area contributed by atoms with Crippen LogP contribution in [0.25, 0.3) is 0 Å². The number of benzene rings is 1. The number of amides is 1. The Hall–Kier alpha value is -2.22. The second kappa shape index (κ2) is 6.98. The molecule has 0 unspecified atom stereocenters. The fourth-order valence-corrected chi connectivity index (χ4v) is 2.14. The number of hydrogen-bond acceptors (Lipinski definition) is 3. The lowest BCUT2D eigenvalue weighted by Crippen LogP contribution is -2.32. The standard InChI is InChI=1S/C16H18FNO3/c1-3-7-21-15-13(17)8-12(9-14(15)20-2)16(19)18-10-11-5-4-6-11/h1,8-9,11H,4-7,10H2,2H3,(H,18,19). The van der Waals surface area contributed by atoms with Crippen LogP contribution in [-0.2, 0) is 0 Å². The van der Waals surface area contributed by atoms with Gasteiger partial charge in [0.15, 0.2) is 17.3 Å². The van der Waals surface area contributed by atoms with E-state index in [4.69, 9.17) is 15.9 Å². The maximum atomic E-state index is 14.0. The normalized spacial score (nSPS) is 14.0. The van der Waals surface area contributed by atoms with E-state index in [9.17, 15) is 9.18 Å². The lowest BCUT2D eigenvalue weighted by Gasteiger charge is -2.25. The molecule has 1 saturated carbocycles. The number of carbonyl (C=O) groups is 1. The Labute approximate surface area is 123 Å². The average molecular weight is 291 g/mol. The zero-order valence-corrected chi connectivity index (χ0v) is 11.9. The summed E-state index contributed by atoms with van der Waals surface area (Å²) in [5.74, 6) is 1.88. The highest BCUT2D eigenvalue weighted by Gasteiger charge is 2.20. The molecular weight excluding hydrogens is 273 g/mol. The van der Waals surface area contributed by atoms with Crippen LogP contribution in [0.3, 0.4) is 0 Å². The Kier molecular flexibility index (Phi) is 5.04. The molecule has 4 nitrogen and oxygen atoms in total. The molecule has 0 atom stereocenters. The highest BCUT2D eigenvalue weighted by Crippen LogP contribution is 2.32. The highest BCUT2D eigenvalue weighted by molar-refractivity contribution is 5.95. The van der Waals surface area contributed by atoms with E-state index in [-0.39, 0.29) is 29.6 Å². The Morgan fingerprint density at radius 2 is 2.29 bits per heavy atom. The number of halogens is 1. The predicted octanol–water partition coefficient (Wildman–Crippen LogP) is 2.38. The number of rotatable bonds is 6. The quantitative estimate of drug-likeness (QED) is 0.819. The summed E-state index contributed by atoms with van der Waals surface area (Å²) in [5.41, 5.74) is 0.205. The first kappa shape index (κ1) is 15.2. The maximum Gasteiger partial charge on any atom is 0.251 e. The smallest absolute Gasteiger partial charge is 0.251 e. The summed E-state index contributed by atoms with van der Waals surface area (Å²) in [4.78, 5) is 12.0. The van der Waals surface area contributed by atoms with Crippen LogP contribution in [-0.4, -0.2) is 26.2 Å². The predicted molar refractivity (Wildman–Crippen MR) is 77.0 cm³/mol. The third-order valence-electron chi connectivity index (χ3n) is 3.57. The van der Waals surface area contributed by atoms with Gasteiger partial charge in [0.25, 0.3) is 5.91 Å². The highest BCUT2D eigenvalue weighted by atomic mass is 19.1. The van der Waals surface area contributed by atoms with Gasteiger partial charge in [-0.05, 0) is 30.9 Å². The summed E-state index contributed by atoms with van der Waals surface area (Å²) >= 11 is 0. The molecule has 1 amide bonds. The van der Waals surface area contributed by atoms with Crippen molar-refractivity contribution in [2.75, 3.05) is 20.3 Å². The Morgan fingerprint density at radius 1 is 1.52 bits per heavy atom. The van der Waals surface area contributed by atoms with Crippen LogP contribution >= 0.6 is 0 Å². The first-order valence-electron chi connectivity index (χ1n) is 6.87. The van der Waals surface area contributed by atoms with Crippen molar-refractivity contribution >= 4 is 5.91 Å². The minimum atomic E-state index is -0.668. The van der Waals surface area contributed by atoms with Crippen molar-refractivity contribution in [2.45, 2.75) is 19.3 Å². The molecule has 0 bridgehead atoms. The van der Waals surface area contributed by atoms with Gasteiger partial charge in [0, 0.05) is 12.1 Å². The van der Waals surface area contributed by atoms with Gasteiger partial charge >= 0.3 is 0 Å². The SMILES string of the molecule is C#CCOc1c(F)cc(C(=O)NCC2CCC2)cc1OC. The Morgan fingerprint density at radius 3 is 2.86 bits per heavy atom. The Bertz CT molecular complexity index is 561. The molecule has 0 heterocycles. The van der Waals surface area contributed by atoms with Gasteiger partial charge in [-0.1, -0.05) is 12.3 Å². The fourth-order valence-electron chi connectivity index (χ4n) is 2.14. The molecule has 0 spiro atoms. The van der Waals surface area contributed by atoms with Crippen LogP contribution in [0.2, 0.25) is 0 Å². The van der Waals surface area contributed by atoms with Gasteiger partial charge in [0.1, 0.15) is 6.61 Å². The first-order chi connectivity index (χ1) is 10.2. The molecule has 21 heavy (non-hydrogen) atoms. The van der Waals surface area contributed by atoms with Crippen LogP contribution in [0.15, 0.2) is 12.1 Å². The van der Waals surface area contributed by atoms with E-state index >= 15 is 0 Å². The van der Waals surface area contributed by atoms with E-state index < -0.39 is 5.82 Å².